The van der Waals surface area contributed by atoms with Gasteiger partial charge in [0.15, 0.2) is 5.69 Å². The quantitative estimate of drug-likeness (QED) is 0.810. The summed E-state index contributed by atoms with van der Waals surface area (Å²) in [6.07, 6.45) is 5.93. The van der Waals surface area contributed by atoms with Gasteiger partial charge < -0.3 is 10.4 Å². The lowest BCUT2D eigenvalue weighted by Gasteiger charge is -2.12. The Labute approximate surface area is 97.7 Å². The lowest BCUT2D eigenvalue weighted by Crippen LogP contribution is -2.19. The molecule has 1 aliphatic rings. The van der Waals surface area contributed by atoms with E-state index in [4.69, 9.17) is 5.11 Å². The Bertz CT molecular complexity index is 407. The first-order valence-electron chi connectivity index (χ1n) is 5.01. The number of aromatic nitrogens is 2. The van der Waals surface area contributed by atoms with Gasteiger partial charge in [0.2, 0.25) is 5.95 Å². The highest BCUT2D eigenvalue weighted by Gasteiger charge is 2.41. The summed E-state index contributed by atoms with van der Waals surface area (Å²) in [7, 11) is 0. The molecule has 1 saturated carbocycles. The van der Waals surface area contributed by atoms with Crippen molar-refractivity contribution in [2.24, 2.45) is 0 Å². The number of hydrogen-bond acceptors (Lipinski definition) is 5. The topological polar surface area (TPSA) is 75.1 Å². The van der Waals surface area contributed by atoms with E-state index in [1.54, 1.807) is 0 Å². The fourth-order valence-electron chi connectivity index (χ4n) is 1.40. The van der Waals surface area contributed by atoms with E-state index in [-0.39, 0.29) is 5.69 Å². The standard InChI is InChI=1S/C10H13N3O2S/c1-16-10(3-4-10)6-12-9-11-5-2-7(13-9)8(14)15/h2,5H,3-4,6H2,1H3,(H,14,15)(H,11,12,13). The lowest BCUT2D eigenvalue weighted by molar-refractivity contribution is 0.0690. The van der Waals surface area contributed by atoms with Crippen molar-refractivity contribution >= 4 is 23.7 Å². The minimum Gasteiger partial charge on any atom is -0.477 e. The molecule has 0 aliphatic heterocycles. The lowest BCUT2D eigenvalue weighted by atomic mass is 10.4. The highest BCUT2D eigenvalue weighted by atomic mass is 32.2. The first-order chi connectivity index (χ1) is 7.65. The summed E-state index contributed by atoms with van der Waals surface area (Å²) in [6.45, 7) is 0.789. The van der Waals surface area contributed by atoms with Gasteiger partial charge in [-0.3, -0.25) is 0 Å². The Morgan fingerprint density at radius 3 is 3.00 bits per heavy atom. The largest absolute Gasteiger partial charge is 0.477 e. The summed E-state index contributed by atoms with van der Waals surface area (Å²) >= 11 is 1.83. The van der Waals surface area contributed by atoms with E-state index < -0.39 is 5.97 Å². The van der Waals surface area contributed by atoms with Gasteiger partial charge >= 0.3 is 5.97 Å². The third kappa shape index (κ3) is 2.44. The zero-order chi connectivity index (χ0) is 11.6. The van der Waals surface area contributed by atoms with Crippen molar-refractivity contribution in [3.8, 4) is 0 Å². The van der Waals surface area contributed by atoms with Crippen LogP contribution in [0.3, 0.4) is 0 Å². The van der Waals surface area contributed by atoms with Crippen molar-refractivity contribution in [2.75, 3.05) is 18.1 Å². The number of carbonyl (C=O) groups is 1. The van der Waals surface area contributed by atoms with Gasteiger partial charge in [-0.2, -0.15) is 11.8 Å². The molecule has 1 heterocycles. The molecule has 2 rings (SSSR count). The van der Waals surface area contributed by atoms with Gasteiger partial charge in [0, 0.05) is 17.5 Å². The molecule has 1 fully saturated rings. The zero-order valence-electron chi connectivity index (χ0n) is 8.93. The SMILES string of the molecule is CSC1(CNc2nccc(C(=O)O)n2)CC1. The van der Waals surface area contributed by atoms with Gasteiger partial charge in [-0.25, -0.2) is 14.8 Å². The summed E-state index contributed by atoms with van der Waals surface area (Å²) in [5.74, 6) is -0.642. The number of hydrogen-bond donors (Lipinski definition) is 2. The van der Waals surface area contributed by atoms with Crippen LogP contribution in [0.1, 0.15) is 23.3 Å². The fourth-order valence-corrected chi connectivity index (χ4v) is 2.12. The van der Waals surface area contributed by atoms with Crippen LogP contribution in [0.15, 0.2) is 12.3 Å². The molecule has 0 amide bonds. The maximum absolute atomic E-state index is 10.7. The molecule has 16 heavy (non-hydrogen) atoms. The Morgan fingerprint density at radius 1 is 1.69 bits per heavy atom. The van der Waals surface area contributed by atoms with Crippen LogP contribution in [0.5, 0.6) is 0 Å². The summed E-state index contributed by atoms with van der Waals surface area (Å²) in [4.78, 5) is 18.6. The van der Waals surface area contributed by atoms with E-state index in [0.29, 0.717) is 10.7 Å². The van der Waals surface area contributed by atoms with Crippen molar-refractivity contribution in [1.29, 1.82) is 0 Å². The average molecular weight is 239 g/mol. The minimum atomic E-state index is -1.03. The highest BCUT2D eigenvalue weighted by Crippen LogP contribution is 2.46. The van der Waals surface area contributed by atoms with Crippen LogP contribution < -0.4 is 5.32 Å². The number of anilines is 1. The number of nitrogens with one attached hydrogen (secondary N) is 1. The maximum Gasteiger partial charge on any atom is 0.354 e. The van der Waals surface area contributed by atoms with Crippen molar-refractivity contribution in [3.63, 3.8) is 0 Å². The molecule has 1 aromatic rings. The van der Waals surface area contributed by atoms with Crippen LogP contribution in [0, 0.1) is 0 Å². The van der Waals surface area contributed by atoms with Crippen LogP contribution >= 0.6 is 11.8 Å². The Balaban J connectivity index is 1.99. The van der Waals surface area contributed by atoms with Crippen molar-refractivity contribution in [1.82, 2.24) is 9.97 Å². The monoisotopic (exact) mass is 239 g/mol. The fraction of sp³-hybridized carbons (Fsp3) is 0.500. The molecule has 0 radical (unpaired) electrons. The van der Waals surface area contributed by atoms with E-state index in [0.717, 1.165) is 6.54 Å². The first-order valence-corrected chi connectivity index (χ1v) is 6.23. The molecular formula is C10H13N3O2S. The number of carboxylic acid groups (broad SMARTS) is 1. The molecule has 1 aromatic heterocycles. The molecule has 5 nitrogen and oxygen atoms in total. The van der Waals surface area contributed by atoms with Crippen LogP contribution in [0.2, 0.25) is 0 Å². The molecular weight excluding hydrogens is 226 g/mol. The third-order valence-electron chi connectivity index (χ3n) is 2.68. The van der Waals surface area contributed by atoms with E-state index in [1.807, 2.05) is 11.8 Å². The molecule has 2 N–H and O–H groups in total. The van der Waals surface area contributed by atoms with Crippen LogP contribution in [0.25, 0.3) is 0 Å². The molecule has 1 aliphatic carbocycles. The minimum absolute atomic E-state index is 0.0199. The third-order valence-corrected chi connectivity index (χ3v) is 4.10. The predicted octanol–water partition coefficient (Wildman–Crippen LogP) is 1.48. The summed E-state index contributed by atoms with van der Waals surface area (Å²) < 4.78 is 0.308. The van der Waals surface area contributed by atoms with Crippen LogP contribution in [-0.4, -0.2) is 38.6 Å². The molecule has 0 saturated heterocycles. The second kappa shape index (κ2) is 4.29. The Hall–Kier alpha value is -1.30. The maximum atomic E-state index is 10.7. The van der Waals surface area contributed by atoms with Crippen LogP contribution in [-0.2, 0) is 0 Å². The van der Waals surface area contributed by atoms with Crippen molar-refractivity contribution in [3.05, 3.63) is 18.0 Å². The summed E-state index contributed by atoms with van der Waals surface area (Å²) in [5.41, 5.74) is 0.0199. The molecule has 0 aromatic carbocycles. The molecule has 0 spiro atoms. The second-order valence-corrected chi connectivity index (χ2v) is 5.09. The molecule has 0 atom stereocenters. The average Bonchev–Trinajstić information content (AvgIpc) is 3.07. The number of thioether (sulfide) groups is 1. The summed E-state index contributed by atoms with van der Waals surface area (Å²) in [5, 5.41) is 11.9. The highest BCUT2D eigenvalue weighted by molar-refractivity contribution is 8.00. The molecule has 0 bridgehead atoms. The van der Waals surface area contributed by atoms with Crippen molar-refractivity contribution in [2.45, 2.75) is 17.6 Å². The first kappa shape index (κ1) is 11.2. The van der Waals surface area contributed by atoms with E-state index >= 15 is 0 Å². The Kier molecular flexibility index (Phi) is 3.00. The Morgan fingerprint density at radius 2 is 2.44 bits per heavy atom. The zero-order valence-corrected chi connectivity index (χ0v) is 9.75. The predicted molar refractivity (Wildman–Crippen MR) is 63.0 cm³/mol. The smallest absolute Gasteiger partial charge is 0.354 e. The van der Waals surface area contributed by atoms with E-state index in [9.17, 15) is 4.79 Å². The number of rotatable bonds is 5. The molecule has 0 unspecified atom stereocenters. The van der Waals surface area contributed by atoms with Crippen molar-refractivity contribution < 1.29 is 9.90 Å². The molecule has 86 valence electrons. The van der Waals surface area contributed by atoms with E-state index in [2.05, 4.69) is 21.5 Å². The van der Waals surface area contributed by atoms with Crippen LogP contribution in [0.4, 0.5) is 5.95 Å². The van der Waals surface area contributed by atoms with Gasteiger partial charge in [0.25, 0.3) is 0 Å². The number of nitrogens with zero attached hydrogens (tertiary/aromatic N) is 2. The van der Waals surface area contributed by atoms with E-state index in [1.165, 1.54) is 25.1 Å². The number of aromatic carboxylic acids is 1. The van der Waals surface area contributed by atoms with Gasteiger partial charge in [-0.1, -0.05) is 0 Å². The summed E-state index contributed by atoms with van der Waals surface area (Å²) in [6, 6.07) is 1.38. The van der Waals surface area contributed by atoms with Gasteiger partial charge in [0.05, 0.1) is 0 Å². The number of carboxylic acids is 1. The molecule has 6 heteroatoms. The van der Waals surface area contributed by atoms with Gasteiger partial charge in [-0.15, -0.1) is 0 Å². The normalized spacial score (nSPS) is 16.8. The van der Waals surface area contributed by atoms with Gasteiger partial charge in [0.1, 0.15) is 0 Å². The van der Waals surface area contributed by atoms with Gasteiger partial charge in [-0.05, 0) is 25.2 Å². The second-order valence-electron chi connectivity index (χ2n) is 3.81.